The van der Waals surface area contributed by atoms with Crippen LogP contribution in [0.4, 0.5) is 0 Å². The highest BCUT2D eigenvalue weighted by atomic mass is 16.5. The van der Waals surface area contributed by atoms with Crippen LogP contribution >= 0.6 is 0 Å². The summed E-state index contributed by atoms with van der Waals surface area (Å²) in [6, 6.07) is 0. The normalized spacial score (nSPS) is 26.2. The Morgan fingerprint density at radius 1 is 1.08 bits per heavy atom. The fraction of sp³-hybridized carbons (Fsp3) is 0.765. The van der Waals surface area contributed by atoms with Crippen molar-refractivity contribution in [2.75, 3.05) is 13.1 Å². The smallest absolute Gasteiger partial charge is 0.246 e. The Morgan fingerprint density at radius 2 is 1.92 bits per heavy atom. The van der Waals surface area contributed by atoms with Crippen molar-refractivity contribution in [2.45, 2.75) is 70.6 Å². The molecule has 2 aromatic rings. The van der Waals surface area contributed by atoms with Gasteiger partial charge in [-0.1, -0.05) is 24.4 Å². The molecule has 2 atom stereocenters. The van der Waals surface area contributed by atoms with Crippen molar-refractivity contribution in [3.63, 3.8) is 0 Å². The number of ether oxygens (including phenoxy) is 1. The molecule has 8 heteroatoms. The Hall–Kier alpha value is -1.80. The van der Waals surface area contributed by atoms with E-state index in [1.807, 2.05) is 6.92 Å². The van der Waals surface area contributed by atoms with E-state index in [2.05, 4.69) is 25.2 Å². The quantitative estimate of drug-likeness (QED) is 0.834. The first-order valence-electron chi connectivity index (χ1n) is 9.17. The second kappa shape index (κ2) is 7.21. The maximum absolute atomic E-state index is 5.95. The molecule has 0 N–H and O–H groups in total. The predicted octanol–water partition coefficient (Wildman–Crippen LogP) is 2.77. The van der Waals surface area contributed by atoms with Gasteiger partial charge in [0.05, 0.1) is 12.6 Å². The van der Waals surface area contributed by atoms with Crippen molar-refractivity contribution < 1.29 is 13.7 Å². The Labute approximate surface area is 146 Å². The van der Waals surface area contributed by atoms with E-state index in [4.69, 9.17) is 13.7 Å². The third-order valence-corrected chi connectivity index (χ3v) is 4.96. The van der Waals surface area contributed by atoms with Gasteiger partial charge in [-0.3, -0.25) is 4.90 Å². The van der Waals surface area contributed by atoms with Crippen LogP contribution in [0.5, 0.6) is 0 Å². The first-order chi connectivity index (χ1) is 12.2. The molecule has 0 radical (unpaired) electrons. The molecule has 0 unspecified atom stereocenters. The van der Waals surface area contributed by atoms with Crippen LogP contribution < -0.4 is 0 Å². The number of hydrogen-bond acceptors (Lipinski definition) is 8. The molecule has 8 nitrogen and oxygen atoms in total. The lowest BCUT2D eigenvalue weighted by atomic mass is 9.89. The third-order valence-electron chi connectivity index (χ3n) is 4.96. The SMILES string of the molecule is Cc1nnc([C@H]2CN(Cc3noc(C4CCCCC4)n3)C[C@@H](C)O2)o1. The highest BCUT2D eigenvalue weighted by Gasteiger charge is 2.31. The summed E-state index contributed by atoms with van der Waals surface area (Å²) in [6.45, 7) is 5.97. The zero-order chi connectivity index (χ0) is 17.2. The number of nitrogens with zero attached hydrogens (tertiary/aromatic N) is 5. The lowest BCUT2D eigenvalue weighted by Gasteiger charge is -2.34. The molecule has 2 aromatic heterocycles. The van der Waals surface area contributed by atoms with Gasteiger partial charge in [0, 0.05) is 25.9 Å². The molecule has 3 heterocycles. The molecular formula is C17H25N5O3. The van der Waals surface area contributed by atoms with E-state index in [0.29, 0.717) is 30.8 Å². The Bertz CT molecular complexity index is 694. The Kier molecular flexibility index (Phi) is 4.80. The van der Waals surface area contributed by atoms with E-state index in [-0.39, 0.29) is 12.2 Å². The number of aromatic nitrogens is 4. The molecule has 25 heavy (non-hydrogen) atoms. The second-order valence-corrected chi connectivity index (χ2v) is 7.17. The lowest BCUT2D eigenvalue weighted by molar-refractivity contribution is -0.0923. The highest BCUT2D eigenvalue weighted by molar-refractivity contribution is 4.97. The predicted molar refractivity (Wildman–Crippen MR) is 87.7 cm³/mol. The molecule has 1 aliphatic heterocycles. The summed E-state index contributed by atoms with van der Waals surface area (Å²) in [5.74, 6) is 3.08. The van der Waals surface area contributed by atoms with E-state index >= 15 is 0 Å². The van der Waals surface area contributed by atoms with Crippen molar-refractivity contribution in [3.8, 4) is 0 Å². The topological polar surface area (TPSA) is 90.3 Å². The van der Waals surface area contributed by atoms with Gasteiger partial charge in [0.1, 0.15) is 6.10 Å². The molecule has 1 aliphatic carbocycles. The van der Waals surface area contributed by atoms with Gasteiger partial charge in [-0.2, -0.15) is 4.98 Å². The third kappa shape index (κ3) is 3.90. The van der Waals surface area contributed by atoms with Crippen molar-refractivity contribution >= 4 is 0 Å². The first-order valence-corrected chi connectivity index (χ1v) is 9.17. The molecule has 2 fully saturated rings. The molecule has 0 bridgehead atoms. The van der Waals surface area contributed by atoms with Crippen LogP contribution in [0.1, 0.15) is 74.5 Å². The highest BCUT2D eigenvalue weighted by Crippen LogP contribution is 2.32. The van der Waals surface area contributed by atoms with Crippen LogP contribution in [0, 0.1) is 6.92 Å². The van der Waals surface area contributed by atoms with E-state index in [9.17, 15) is 0 Å². The standard InChI is InChI=1S/C17H25N5O3/c1-11-8-22(9-14(23-11)17-20-19-12(2)24-17)10-15-18-16(25-21-15)13-6-4-3-5-7-13/h11,13-14H,3-10H2,1-2H3/t11-,14-/m1/s1. The van der Waals surface area contributed by atoms with Crippen molar-refractivity contribution in [2.24, 2.45) is 0 Å². The molecule has 1 saturated heterocycles. The largest absolute Gasteiger partial charge is 0.423 e. The van der Waals surface area contributed by atoms with E-state index in [1.165, 1.54) is 19.3 Å². The van der Waals surface area contributed by atoms with Crippen LogP contribution in [-0.2, 0) is 11.3 Å². The van der Waals surface area contributed by atoms with Crippen LogP contribution in [-0.4, -0.2) is 44.4 Å². The molecule has 0 amide bonds. The van der Waals surface area contributed by atoms with Crippen LogP contribution in [0.25, 0.3) is 0 Å². The maximum atomic E-state index is 5.95. The van der Waals surface area contributed by atoms with Gasteiger partial charge < -0.3 is 13.7 Å². The first kappa shape index (κ1) is 16.7. The minimum absolute atomic E-state index is 0.0793. The van der Waals surface area contributed by atoms with Gasteiger partial charge >= 0.3 is 0 Å². The van der Waals surface area contributed by atoms with E-state index in [1.54, 1.807) is 6.92 Å². The second-order valence-electron chi connectivity index (χ2n) is 7.17. The summed E-state index contributed by atoms with van der Waals surface area (Å²) in [4.78, 5) is 6.90. The summed E-state index contributed by atoms with van der Waals surface area (Å²) in [7, 11) is 0. The summed E-state index contributed by atoms with van der Waals surface area (Å²) in [6.07, 6.45) is 6.03. The minimum atomic E-state index is -0.213. The molecule has 1 saturated carbocycles. The van der Waals surface area contributed by atoms with Gasteiger partial charge in [-0.15, -0.1) is 10.2 Å². The van der Waals surface area contributed by atoms with Crippen molar-refractivity contribution in [3.05, 3.63) is 23.5 Å². The zero-order valence-corrected chi connectivity index (χ0v) is 14.8. The maximum Gasteiger partial charge on any atom is 0.246 e. The van der Waals surface area contributed by atoms with Gasteiger partial charge in [-0.25, -0.2) is 0 Å². The average Bonchev–Trinajstić information content (AvgIpc) is 3.24. The molecule has 0 spiro atoms. The van der Waals surface area contributed by atoms with E-state index < -0.39 is 0 Å². The Balaban J connectivity index is 1.40. The summed E-state index contributed by atoms with van der Waals surface area (Å²) in [5, 5.41) is 12.2. The van der Waals surface area contributed by atoms with Gasteiger partial charge in [0.2, 0.25) is 17.7 Å². The van der Waals surface area contributed by atoms with Crippen molar-refractivity contribution in [1.82, 2.24) is 25.2 Å². The monoisotopic (exact) mass is 347 g/mol. The van der Waals surface area contributed by atoms with Gasteiger partial charge in [0.15, 0.2) is 5.82 Å². The molecular weight excluding hydrogens is 322 g/mol. The molecule has 0 aromatic carbocycles. The zero-order valence-electron chi connectivity index (χ0n) is 14.8. The summed E-state index contributed by atoms with van der Waals surface area (Å²) < 4.78 is 17.0. The fourth-order valence-electron chi connectivity index (χ4n) is 3.79. The number of aryl methyl sites for hydroxylation is 1. The van der Waals surface area contributed by atoms with Gasteiger partial charge in [-0.05, 0) is 19.8 Å². The number of rotatable bonds is 4. The van der Waals surface area contributed by atoms with Crippen molar-refractivity contribution in [1.29, 1.82) is 0 Å². The van der Waals surface area contributed by atoms with Crippen LogP contribution in [0.15, 0.2) is 8.94 Å². The molecule has 2 aliphatic rings. The van der Waals surface area contributed by atoms with Crippen LogP contribution in [0.2, 0.25) is 0 Å². The van der Waals surface area contributed by atoms with Gasteiger partial charge in [0.25, 0.3) is 0 Å². The number of morpholine rings is 1. The minimum Gasteiger partial charge on any atom is -0.423 e. The summed E-state index contributed by atoms with van der Waals surface area (Å²) in [5.41, 5.74) is 0. The lowest BCUT2D eigenvalue weighted by Crippen LogP contribution is -2.42. The number of hydrogen-bond donors (Lipinski definition) is 0. The summed E-state index contributed by atoms with van der Waals surface area (Å²) >= 11 is 0. The fourth-order valence-corrected chi connectivity index (χ4v) is 3.79. The Morgan fingerprint density at radius 3 is 2.68 bits per heavy atom. The molecule has 4 rings (SSSR count). The molecule has 136 valence electrons. The van der Waals surface area contributed by atoms with E-state index in [0.717, 1.165) is 31.1 Å². The average molecular weight is 347 g/mol. The van der Waals surface area contributed by atoms with Crippen LogP contribution in [0.3, 0.4) is 0 Å².